The zero-order valence-electron chi connectivity index (χ0n) is 8.38. The predicted molar refractivity (Wildman–Crippen MR) is 58.2 cm³/mol. The lowest BCUT2D eigenvalue weighted by Gasteiger charge is -1.95. The van der Waals surface area contributed by atoms with Crippen LogP contribution in [0.2, 0.25) is 5.15 Å². The molecular formula is C10H7ClN4O. The maximum atomic E-state index is 6.03. The van der Waals surface area contributed by atoms with E-state index >= 15 is 0 Å². The van der Waals surface area contributed by atoms with Crippen molar-refractivity contribution in [3.05, 3.63) is 35.3 Å². The minimum Gasteiger partial charge on any atom is -0.461 e. The summed E-state index contributed by atoms with van der Waals surface area (Å²) in [5, 5.41) is 4.69. The highest BCUT2D eigenvalue weighted by Crippen LogP contribution is 2.18. The molecule has 0 aliphatic rings. The van der Waals surface area contributed by atoms with Crippen LogP contribution in [0.1, 0.15) is 5.69 Å². The Hall–Kier alpha value is -1.88. The van der Waals surface area contributed by atoms with E-state index in [1.807, 2.05) is 6.92 Å². The van der Waals surface area contributed by atoms with Crippen LogP contribution in [0.25, 0.3) is 17.4 Å². The van der Waals surface area contributed by atoms with E-state index in [9.17, 15) is 0 Å². The molecule has 0 amide bonds. The van der Waals surface area contributed by atoms with Gasteiger partial charge >= 0.3 is 0 Å². The standard InChI is InChI=1S/C10H7ClN4O/c1-6-5-8(11)15-10(12-6)13-9(14-15)7-3-2-4-16-7/h2-5H,1H3. The molecule has 3 aromatic heterocycles. The van der Waals surface area contributed by atoms with Crippen molar-refractivity contribution in [1.82, 2.24) is 19.6 Å². The van der Waals surface area contributed by atoms with Crippen LogP contribution >= 0.6 is 11.6 Å². The first kappa shape index (κ1) is 9.35. The van der Waals surface area contributed by atoms with E-state index in [-0.39, 0.29) is 0 Å². The molecule has 0 aromatic carbocycles. The van der Waals surface area contributed by atoms with Gasteiger partial charge in [0.2, 0.25) is 5.82 Å². The van der Waals surface area contributed by atoms with E-state index in [0.29, 0.717) is 22.5 Å². The molecule has 0 saturated carbocycles. The van der Waals surface area contributed by atoms with Crippen molar-refractivity contribution in [3.63, 3.8) is 0 Å². The van der Waals surface area contributed by atoms with Crippen molar-refractivity contribution in [3.8, 4) is 11.6 Å². The normalized spacial score (nSPS) is 11.1. The number of aryl methyl sites for hydroxylation is 1. The molecule has 3 heterocycles. The highest BCUT2D eigenvalue weighted by molar-refractivity contribution is 6.29. The van der Waals surface area contributed by atoms with Crippen molar-refractivity contribution in [2.75, 3.05) is 0 Å². The van der Waals surface area contributed by atoms with Gasteiger partial charge in [-0.25, -0.2) is 4.98 Å². The van der Waals surface area contributed by atoms with E-state index in [1.54, 1.807) is 24.5 Å². The average Bonchev–Trinajstić information content (AvgIpc) is 2.82. The second-order valence-corrected chi connectivity index (χ2v) is 3.73. The van der Waals surface area contributed by atoms with Gasteiger partial charge < -0.3 is 4.42 Å². The lowest BCUT2D eigenvalue weighted by atomic mass is 10.4. The Morgan fingerprint density at radius 2 is 2.25 bits per heavy atom. The van der Waals surface area contributed by atoms with Gasteiger partial charge in [0.1, 0.15) is 5.15 Å². The molecule has 3 rings (SSSR count). The molecule has 0 radical (unpaired) electrons. The molecule has 0 unspecified atom stereocenters. The largest absolute Gasteiger partial charge is 0.461 e. The number of fused-ring (bicyclic) bond motifs is 1. The molecule has 6 heteroatoms. The smallest absolute Gasteiger partial charge is 0.254 e. The van der Waals surface area contributed by atoms with E-state index in [1.165, 1.54) is 4.52 Å². The second kappa shape index (κ2) is 3.31. The van der Waals surface area contributed by atoms with Crippen LogP contribution in [0.4, 0.5) is 0 Å². The van der Waals surface area contributed by atoms with Crippen LogP contribution in [0.15, 0.2) is 28.9 Å². The zero-order chi connectivity index (χ0) is 11.1. The summed E-state index contributed by atoms with van der Waals surface area (Å²) in [4.78, 5) is 8.47. The molecule has 0 atom stereocenters. The van der Waals surface area contributed by atoms with Gasteiger partial charge in [0.25, 0.3) is 5.78 Å². The summed E-state index contributed by atoms with van der Waals surface area (Å²) in [6.45, 7) is 1.85. The molecule has 0 bridgehead atoms. The van der Waals surface area contributed by atoms with Crippen molar-refractivity contribution >= 4 is 17.4 Å². The number of nitrogens with zero attached hydrogens (tertiary/aromatic N) is 4. The van der Waals surface area contributed by atoms with Crippen LogP contribution in [0.5, 0.6) is 0 Å². The Morgan fingerprint density at radius 3 is 3.00 bits per heavy atom. The van der Waals surface area contributed by atoms with Gasteiger partial charge in [-0.05, 0) is 25.1 Å². The van der Waals surface area contributed by atoms with Crippen molar-refractivity contribution < 1.29 is 4.42 Å². The van der Waals surface area contributed by atoms with Gasteiger partial charge in [-0.1, -0.05) is 11.6 Å². The first-order valence-electron chi connectivity index (χ1n) is 4.68. The van der Waals surface area contributed by atoms with E-state index in [0.717, 1.165) is 5.69 Å². The van der Waals surface area contributed by atoms with E-state index < -0.39 is 0 Å². The summed E-state index contributed by atoms with van der Waals surface area (Å²) in [6, 6.07) is 5.30. The van der Waals surface area contributed by atoms with Crippen molar-refractivity contribution in [2.45, 2.75) is 6.92 Å². The Bertz CT molecular complexity index is 644. The van der Waals surface area contributed by atoms with Gasteiger partial charge in [-0.15, -0.1) is 5.10 Å². The Morgan fingerprint density at radius 1 is 1.38 bits per heavy atom. The fraction of sp³-hybridized carbons (Fsp3) is 0.100. The summed E-state index contributed by atoms with van der Waals surface area (Å²) in [5.41, 5.74) is 0.802. The topological polar surface area (TPSA) is 56.2 Å². The number of hydrogen-bond acceptors (Lipinski definition) is 4. The lowest BCUT2D eigenvalue weighted by molar-refractivity contribution is 0.577. The molecule has 16 heavy (non-hydrogen) atoms. The molecule has 80 valence electrons. The minimum atomic E-state index is 0.469. The predicted octanol–water partition coefficient (Wildman–Crippen LogP) is 2.35. The summed E-state index contributed by atoms with van der Waals surface area (Å²) in [7, 11) is 0. The summed E-state index contributed by atoms with van der Waals surface area (Å²) in [6.07, 6.45) is 1.57. The van der Waals surface area contributed by atoms with Gasteiger partial charge in [0, 0.05) is 5.69 Å². The van der Waals surface area contributed by atoms with Crippen molar-refractivity contribution in [2.24, 2.45) is 0 Å². The number of rotatable bonds is 1. The summed E-state index contributed by atoms with van der Waals surface area (Å²) < 4.78 is 6.69. The van der Waals surface area contributed by atoms with Crippen molar-refractivity contribution in [1.29, 1.82) is 0 Å². The highest BCUT2D eigenvalue weighted by Gasteiger charge is 2.11. The SMILES string of the molecule is Cc1cc(Cl)n2nc(-c3ccco3)nc2n1. The average molecular weight is 235 g/mol. The lowest BCUT2D eigenvalue weighted by Crippen LogP contribution is -1.94. The monoisotopic (exact) mass is 234 g/mol. The number of furan rings is 1. The van der Waals surface area contributed by atoms with Crippen LogP contribution in [-0.2, 0) is 0 Å². The first-order valence-corrected chi connectivity index (χ1v) is 5.05. The fourth-order valence-electron chi connectivity index (χ4n) is 1.45. The maximum absolute atomic E-state index is 6.03. The number of aromatic nitrogens is 4. The van der Waals surface area contributed by atoms with E-state index in [4.69, 9.17) is 16.0 Å². The molecule has 0 aliphatic heterocycles. The fourth-order valence-corrected chi connectivity index (χ4v) is 1.72. The minimum absolute atomic E-state index is 0.469. The Labute approximate surface area is 95.7 Å². The third-order valence-electron chi connectivity index (χ3n) is 2.14. The molecular weight excluding hydrogens is 228 g/mol. The molecule has 3 aromatic rings. The molecule has 0 N–H and O–H groups in total. The third-order valence-corrected chi connectivity index (χ3v) is 2.41. The summed E-state index contributed by atoms with van der Waals surface area (Å²) in [5.74, 6) is 1.54. The van der Waals surface area contributed by atoms with Gasteiger partial charge in [0.05, 0.1) is 6.26 Å². The van der Waals surface area contributed by atoms with Crippen LogP contribution in [0, 0.1) is 6.92 Å². The van der Waals surface area contributed by atoms with Crippen LogP contribution < -0.4 is 0 Å². The van der Waals surface area contributed by atoms with Crippen LogP contribution in [0.3, 0.4) is 0 Å². The molecule has 0 fully saturated rings. The third kappa shape index (κ3) is 1.37. The maximum Gasteiger partial charge on any atom is 0.254 e. The number of halogens is 1. The quantitative estimate of drug-likeness (QED) is 0.607. The Balaban J connectivity index is 2.27. The van der Waals surface area contributed by atoms with Crippen LogP contribution in [-0.4, -0.2) is 19.6 Å². The summed E-state index contributed by atoms with van der Waals surface area (Å²) >= 11 is 6.03. The molecule has 5 nitrogen and oxygen atoms in total. The second-order valence-electron chi connectivity index (χ2n) is 3.34. The van der Waals surface area contributed by atoms with Gasteiger partial charge in [0.15, 0.2) is 5.76 Å². The van der Waals surface area contributed by atoms with E-state index in [2.05, 4.69) is 15.1 Å². The first-order chi connectivity index (χ1) is 7.74. The number of hydrogen-bond donors (Lipinski definition) is 0. The van der Waals surface area contributed by atoms with Gasteiger partial charge in [-0.3, -0.25) is 0 Å². The Kier molecular flexibility index (Phi) is 1.94. The zero-order valence-corrected chi connectivity index (χ0v) is 9.14. The molecule has 0 spiro atoms. The highest BCUT2D eigenvalue weighted by atomic mass is 35.5. The van der Waals surface area contributed by atoms with Gasteiger partial charge in [-0.2, -0.15) is 9.50 Å². The molecule has 0 saturated heterocycles. The molecule has 0 aliphatic carbocycles.